The number of nitrogens with one attached hydrogen (secondary N) is 1. The van der Waals surface area contributed by atoms with Gasteiger partial charge >= 0.3 is 0 Å². The van der Waals surface area contributed by atoms with Gasteiger partial charge in [-0.05, 0) is 31.2 Å². The highest BCUT2D eigenvalue weighted by atomic mass is 32.2. The van der Waals surface area contributed by atoms with Crippen LogP contribution in [0.2, 0.25) is 0 Å². The van der Waals surface area contributed by atoms with Crippen LogP contribution in [0.15, 0.2) is 52.2 Å². The second-order valence-corrected chi connectivity index (χ2v) is 7.37. The Balaban J connectivity index is 2.12. The van der Waals surface area contributed by atoms with Crippen molar-refractivity contribution >= 4 is 15.7 Å². The zero-order valence-corrected chi connectivity index (χ0v) is 15.0. The quantitative estimate of drug-likeness (QED) is 0.688. The van der Waals surface area contributed by atoms with Crippen molar-refractivity contribution in [1.82, 2.24) is 9.36 Å². The molecule has 142 valence electrons. The minimum atomic E-state index is -4.67. The molecule has 0 saturated heterocycles. The Bertz CT molecular complexity index is 1190. The molecule has 0 aliphatic carbocycles. The summed E-state index contributed by atoms with van der Waals surface area (Å²) in [5.74, 6) is -5.29. The summed E-state index contributed by atoms with van der Waals surface area (Å²) in [6.45, 7) is 1.49. The van der Waals surface area contributed by atoms with Crippen LogP contribution in [0.3, 0.4) is 0 Å². The molecular formula is C17H14F3N3O3S. The van der Waals surface area contributed by atoms with Gasteiger partial charge in [0, 0.05) is 7.05 Å². The molecule has 27 heavy (non-hydrogen) atoms. The van der Waals surface area contributed by atoms with E-state index in [-0.39, 0.29) is 11.4 Å². The summed E-state index contributed by atoms with van der Waals surface area (Å²) >= 11 is 0. The average molecular weight is 397 g/mol. The number of rotatable bonds is 4. The summed E-state index contributed by atoms with van der Waals surface area (Å²) in [6.07, 6.45) is 0. The van der Waals surface area contributed by atoms with Crippen LogP contribution in [-0.4, -0.2) is 17.8 Å². The van der Waals surface area contributed by atoms with E-state index in [2.05, 4.69) is 0 Å². The van der Waals surface area contributed by atoms with Gasteiger partial charge in [-0.1, -0.05) is 18.2 Å². The van der Waals surface area contributed by atoms with Crippen molar-refractivity contribution in [2.45, 2.75) is 11.8 Å². The Labute approximate surface area is 152 Å². The van der Waals surface area contributed by atoms with Crippen molar-refractivity contribution in [2.24, 2.45) is 7.05 Å². The molecule has 1 N–H and O–H groups in total. The van der Waals surface area contributed by atoms with Gasteiger partial charge in [0.1, 0.15) is 10.6 Å². The lowest BCUT2D eigenvalue weighted by Gasteiger charge is -2.08. The van der Waals surface area contributed by atoms with E-state index >= 15 is 0 Å². The van der Waals surface area contributed by atoms with Gasteiger partial charge in [0.2, 0.25) is 0 Å². The van der Waals surface area contributed by atoms with Crippen LogP contribution in [0.1, 0.15) is 5.69 Å². The highest BCUT2D eigenvalue weighted by molar-refractivity contribution is 7.92. The molecule has 1 heterocycles. The second-order valence-electron chi connectivity index (χ2n) is 5.72. The normalized spacial score (nSPS) is 11.6. The number of anilines is 1. The van der Waals surface area contributed by atoms with E-state index in [4.69, 9.17) is 0 Å². The van der Waals surface area contributed by atoms with E-state index in [0.29, 0.717) is 17.8 Å². The predicted molar refractivity (Wildman–Crippen MR) is 92.9 cm³/mol. The number of aromatic nitrogens is 2. The van der Waals surface area contributed by atoms with Crippen LogP contribution in [0, 0.1) is 24.4 Å². The van der Waals surface area contributed by atoms with Crippen LogP contribution >= 0.6 is 0 Å². The number of sulfonamides is 1. The van der Waals surface area contributed by atoms with Gasteiger partial charge < -0.3 is 0 Å². The van der Waals surface area contributed by atoms with Crippen molar-refractivity contribution in [1.29, 1.82) is 0 Å². The van der Waals surface area contributed by atoms with Crippen LogP contribution in [0.4, 0.5) is 18.9 Å². The molecule has 0 unspecified atom stereocenters. The lowest BCUT2D eigenvalue weighted by Crippen LogP contribution is -2.23. The highest BCUT2D eigenvalue weighted by Gasteiger charge is 2.27. The molecule has 3 rings (SSSR count). The molecule has 10 heteroatoms. The fourth-order valence-corrected chi connectivity index (χ4v) is 3.78. The minimum Gasteiger partial charge on any atom is -0.283 e. The van der Waals surface area contributed by atoms with Crippen molar-refractivity contribution in [2.75, 3.05) is 4.72 Å². The monoisotopic (exact) mass is 397 g/mol. The van der Waals surface area contributed by atoms with Crippen LogP contribution in [-0.2, 0) is 17.1 Å². The molecule has 0 aliphatic rings. The second kappa shape index (κ2) is 6.62. The van der Waals surface area contributed by atoms with Crippen LogP contribution < -0.4 is 10.3 Å². The van der Waals surface area contributed by atoms with E-state index in [9.17, 15) is 26.4 Å². The first-order valence-corrected chi connectivity index (χ1v) is 9.14. The summed E-state index contributed by atoms with van der Waals surface area (Å²) in [5, 5.41) is 0. The van der Waals surface area contributed by atoms with Gasteiger partial charge in [-0.15, -0.1) is 0 Å². The fraction of sp³-hybridized carbons (Fsp3) is 0.118. The van der Waals surface area contributed by atoms with E-state index in [0.717, 1.165) is 0 Å². The number of para-hydroxylation sites is 1. The van der Waals surface area contributed by atoms with Crippen molar-refractivity contribution in [3.05, 3.63) is 76.0 Å². The van der Waals surface area contributed by atoms with Crippen LogP contribution in [0.25, 0.3) is 5.69 Å². The smallest absolute Gasteiger partial charge is 0.283 e. The highest BCUT2D eigenvalue weighted by Crippen LogP contribution is 2.23. The maximum atomic E-state index is 13.9. The van der Waals surface area contributed by atoms with Crippen molar-refractivity contribution in [3.63, 3.8) is 0 Å². The molecule has 0 amide bonds. The molecule has 0 bridgehead atoms. The number of halogens is 3. The zero-order valence-electron chi connectivity index (χ0n) is 14.2. The standard InChI is InChI=1S/C17H14F3N3O3S/c1-10-16(17(24)23(22(10)2)11-6-4-3-5-7-11)21-27(25,26)13-9-8-12(18)14(19)15(13)20/h3-9,21H,1-2H3. The van der Waals surface area contributed by atoms with Crippen molar-refractivity contribution in [3.8, 4) is 5.69 Å². The lowest BCUT2D eigenvalue weighted by atomic mass is 10.3. The topological polar surface area (TPSA) is 73.1 Å². The predicted octanol–water partition coefficient (Wildman–Crippen LogP) is 2.70. The summed E-state index contributed by atoms with van der Waals surface area (Å²) in [7, 11) is -3.13. The lowest BCUT2D eigenvalue weighted by molar-refractivity contribution is 0.432. The Morgan fingerprint density at radius 3 is 2.22 bits per heavy atom. The summed E-state index contributed by atoms with van der Waals surface area (Å²) in [5.41, 5.74) is -0.300. The first-order chi connectivity index (χ1) is 12.6. The van der Waals surface area contributed by atoms with Gasteiger partial charge in [0.15, 0.2) is 17.5 Å². The Morgan fingerprint density at radius 2 is 1.59 bits per heavy atom. The van der Waals surface area contributed by atoms with Gasteiger partial charge in [-0.25, -0.2) is 26.3 Å². The Morgan fingerprint density at radius 1 is 0.963 bits per heavy atom. The van der Waals surface area contributed by atoms with Gasteiger partial charge in [-0.3, -0.25) is 14.2 Å². The number of benzene rings is 2. The summed E-state index contributed by atoms with van der Waals surface area (Å²) in [6, 6.07) is 9.52. The van der Waals surface area contributed by atoms with E-state index < -0.39 is 37.9 Å². The molecule has 0 radical (unpaired) electrons. The Kier molecular flexibility index (Phi) is 4.60. The van der Waals surface area contributed by atoms with Crippen molar-refractivity contribution < 1.29 is 21.6 Å². The third-order valence-electron chi connectivity index (χ3n) is 4.08. The molecule has 3 aromatic rings. The molecule has 1 aromatic heterocycles. The molecule has 0 atom stereocenters. The molecule has 0 fully saturated rings. The number of hydrogen-bond donors (Lipinski definition) is 1. The molecule has 2 aromatic carbocycles. The largest absolute Gasteiger partial charge is 0.296 e. The summed E-state index contributed by atoms with van der Waals surface area (Å²) in [4.78, 5) is 11.6. The average Bonchev–Trinajstić information content (AvgIpc) is 2.83. The molecule has 0 saturated carbocycles. The van der Waals surface area contributed by atoms with Gasteiger partial charge in [-0.2, -0.15) is 0 Å². The van der Waals surface area contributed by atoms with E-state index in [1.165, 1.54) is 16.3 Å². The number of hydrogen-bond acceptors (Lipinski definition) is 3. The minimum absolute atomic E-state index is 0.246. The van der Waals surface area contributed by atoms with E-state index in [1.54, 1.807) is 37.4 Å². The SMILES string of the molecule is Cc1c(NS(=O)(=O)c2ccc(F)c(F)c2F)c(=O)n(-c2ccccc2)n1C. The molecule has 0 aliphatic heterocycles. The molecule has 6 nitrogen and oxygen atoms in total. The van der Waals surface area contributed by atoms with Gasteiger partial charge in [0.25, 0.3) is 15.6 Å². The third-order valence-corrected chi connectivity index (χ3v) is 5.45. The van der Waals surface area contributed by atoms with Gasteiger partial charge in [0.05, 0.1) is 11.4 Å². The maximum absolute atomic E-state index is 13.9. The number of nitrogens with zero attached hydrogens (tertiary/aromatic N) is 2. The maximum Gasteiger partial charge on any atom is 0.296 e. The fourth-order valence-electron chi connectivity index (χ4n) is 2.59. The third kappa shape index (κ3) is 3.12. The molecular weight excluding hydrogens is 383 g/mol. The molecule has 0 spiro atoms. The summed E-state index contributed by atoms with van der Waals surface area (Å²) < 4.78 is 69.9. The Hall–Kier alpha value is -3.01. The first kappa shape index (κ1) is 18.8. The van der Waals surface area contributed by atoms with E-state index in [1.807, 2.05) is 4.72 Å². The zero-order chi connectivity index (χ0) is 19.9. The first-order valence-electron chi connectivity index (χ1n) is 7.65. The van der Waals surface area contributed by atoms with Crippen LogP contribution in [0.5, 0.6) is 0 Å².